The minimum Gasteiger partial charge on any atom is -0.379 e. The summed E-state index contributed by atoms with van der Waals surface area (Å²) in [6, 6.07) is 6.77. The van der Waals surface area contributed by atoms with E-state index < -0.39 is 0 Å². The predicted octanol–water partition coefficient (Wildman–Crippen LogP) is 1.76. The van der Waals surface area contributed by atoms with Crippen LogP contribution in [0.5, 0.6) is 0 Å². The fourth-order valence-corrected chi connectivity index (χ4v) is 3.32. The van der Waals surface area contributed by atoms with E-state index in [4.69, 9.17) is 10.5 Å². The molecule has 0 spiro atoms. The standard InChI is InChI=1S/C18H23N5O3S.2ClH/c19-11-16-22-15(12-27-16)18(25)21-14-3-1-13(2-4-14)17(24)20-5-6-23-7-9-26-10-8-23;;/h1-4,12H,5-11,19H2,(H,20,24)(H,21,25);2*1H. The lowest BCUT2D eigenvalue weighted by molar-refractivity contribution is 0.0383. The number of carbonyl (C=O) groups is 2. The van der Waals surface area contributed by atoms with E-state index in [0.717, 1.165) is 32.8 Å². The molecule has 0 saturated carbocycles. The number of hydrogen-bond donors (Lipinski definition) is 3. The molecule has 1 aromatic carbocycles. The lowest BCUT2D eigenvalue weighted by Gasteiger charge is -2.26. The van der Waals surface area contributed by atoms with Crippen LogP contribution in [-0.2, 0) is 11.3 Å². The fourth-order valence-electron chi connectivity index (χ4n) is 2.66. The number of nitrogens with zero attached hydrogens (tertiary/aromatic N) is 2. The Hall–Kier alpha value is -1.75. The highest BCUT2D eigenvalue weighted by Gasteiger charge is 2.12. The van der Waals surface area contributed by atoms with Crippen LogP contribution in [0, 0.1) is 0 Å². The van der Waals surface area contributed by atoms with E-state index in [1.165, 1.54) is 11.3 Å². The molecular formula is C18H25Cl2N5O3S. The van der Waals surface area contributed by atoms with Gasteiger partial charge in [-0.05, 0) is 24.3 Å². The van der Waals surface area contributed by atoms with Gasteiger partial charge in [0.05, 0.1) is 13.2 Å². The monoisotopic (exact) mass is 461 g/mol. The minimum absolute atomic E-state index is 0. The van der Waals surface area contributed by atoms with Gasteiger partial charge in [0.25, 0.3) is 11.8 Å². The number of carbonyl (C=O) groups excluding carboxylic acids is 2. The van der Waals surface area contributed by atoms with E-state index in [-0.39, 0.29) is 36.6 Å². The molecule has 2 amide bonds. The zero-order chi connectivity index (χ0) is 19.1. The zero-order valence-corrected chi connectivity index (χ0v) is 18.2. The first kappa shape index (κ1) is 25.3. The van der Waals surface area contributed by atoms with E-state index in [2.05, 4.69) is 20.5 Å². The van der Waals surface area contributed by atoms with E-state index in [9.17, 15) is 9.59 Å². The number of amides is 2. The number of nitrogens with two attached hydrogens (primary N) is 1. The lowest BCUT2D eigenvalue weighted by Crippen LogP contribution is -2.41. The molecule has 1 fully saturated rings. The highest BCUT2D eigenvalue weighted by molar-refractivity contribution is 7.09. The summed E-state index contributed by atoms with van der Waals surface area (Å²) in [7, 11) is 0. The number of hydrogen-bond acceptors (Lipinski definition) is 7. The van der Waals surface area contributed by atoms with Gasteiger partial charge in [0.15, 0.2) is 0 Å². The van der Waals surface area contributed by atoms with Crippen LogP contribution in [0.4, 0.5) is 5.69 Å². The molecular weight excluding hydrogens is 437 g/mol. The van der Waals surface area contributed by atoms with Crippen LogP contribution in [0.1, 0.15) is 25.9 Å². The zero-order valence-electron chi connectivity index (χ0n) is 15.8. The van der Waals surface area contributed by atoms with Crippen molar-refractivity contribution in [2.75, 3.05) is 44.7 Å². The molecule has 4 N–H and O–H groups in total. The smallest absolute Gasteiger partial charge is 0.275 e. The molecule has 2 aromatic rings. The summed E-state index contributed by atoms with van der Waals surface area (Å²) in [6.45, 7) is 5.00. The number of thiazole rings is 1. The minimum atomic E-state index is -0.298. The van der Waals surface area contributed by atoms with Crippen LogP contribution >= 0.6 is 36.2 Å². The van der Waals surface area contributed by atoms with Gasteiger partial charge in [-0.1, -0.05) is 0 Å². The van der Waals surface area contributed by atoms with Gasteiger partial charge < -0.3 is 21.1 Å². The maximum absolute atomic E-state index is 12.2. The van der Waals surface area contributed by atoms with Crippen LogP contribution in [0.3, 0.4) is 0 Å². The molecule has 2 heterocycles. The molecule has 0 unspecified atom stereocenters. The van der Waals surface area contributed by atoms with Crippen LogP contribution < -0.4 is 16.4 Å². The number of nitrogens with one attached hydrogen (secondary N) is 2. The Morgan fingerprint density at radius 2 is 1.83 bits per heavy atom. The second-order valence-corrected chi connectivity index (χ2v) is 7.01. The SMILES string of the molecule is Cl.Cl.NCc1nc(C(=O)Nc2ccc(C(=O)NCCN3CCOCC3)cc2)cs1. The van der Waals surface area contributed by atoms with Crippen molar-refractivity contribution < 1.29 is 14.3 Å². The molecule has 1 saturated heterocycles. The topological polar surface area (TPSA) is 110 Å². The largest absolute Gasteiger partial charge is 0.379 e. The molecule has 160 valence electrons. The van der Waals surface area contributed by atoms with Gasteiger partial charge in [-0.25, -0.2) is 4.98 Å². The average molecular weight is 462 g/mol. The van der Waals surface area contributed by atoms with Gasteiger partial charge in [0, 0.05) is 49.4 Å². The summed E-state index contributed by atoms with van der Waals surface area (Å²) in [5, 5.41) is 8.06. The number of morpholine rings is 1. The van der Waals surface area contributed by atoms with Gasteiger partial charge >= 0.3 is 0 Å². The van der Waals surface area contributed by atoms with Crippen LogP contribution in [0.2, 0.25) is 0 Å². The Morgan fingerprint density at radius 3 is 2.45 bits per heavy atom. The van der Waals surface area contributed by atoms with Crippen molar-refractivity contribution in [1.82, 2.24) is 15.2 Å². The summed E-state index contributed by atoms with van der Waals surface area (Å²) < 4.78 is 5.30. The van der Waals surface area contributed by atoms with Crippen molar-refractivity contribution in [3.63, 3.8) is 0 Å². The summed E-state index contributed by atoms with van der Waals surface area (Å²) >= 11 is 1.35. The number of rotatable bonds is 7. The Bertz CT molecular complexity index is 782. The van der Waals surface area contributed by atoms with E-state index in [1.54, 1.807) is 29.6 Å². The van der Waals surface area contributed by atoms with Gasteiger partial charge in [-0.2, -0.15) is 0 Å². The summed E-state index contributed by atoms with van der Waals surface area (Å²) in [6.07, 6.45) is 0. The van der Waals surface area contributed by atoms with Crippen molar-refractivity contribution in [2.45, 2.75) is 6.54 Å². The molecule has 8 nitrogen and oxygen atoms in total. The van der Waals surface area contributed by atoms with Crippen molar-refractivity contribution in [1.29, 1.82) is 0 Å². The van der Waals surface area contributed by atoms with Crippen LogP contribution in [-0.4, -0.2) is 61.1 Å². The third kappa shape index (κ3) is 7.54. The molecule has 3 rings (SSSR count). The normalized spacial score (nSPS) is 13.7. The number of benzene rings is 1. The molecule has 11 heteroatoms. The highest BCUT2D eigenvalue weighted by Crippen LogP contribution is 2.13. The molecule has 0 atom stereocenters. The Morgan fingerprint density at radius 1 is 1.14 bits per heavy atom. The first-order valence-corrected chi connectivity index (χ1v) is 9.68. The predicted molar refractivity (Wildman–Crippen MR) is 118 cm³/mol. The van der Waals surface area contributed by atoms with Crippen molar-refractivity contribution >= 4 is 53.7 Å². The summed E-state index contributed by atoms with van der Waals surface area (Å²) in [4.78, 5) is 30.8. The van der Waals surface area contributed by atoms with Gasteiger partial charge in [-0.3, -0.25) is 14.5 Å². The molecule has 0 radical (unpaired) electrons. The maximum atomic E-state index is 12.2. The van der Waals surface area contributed by atoms with Crippen LogP contribution in [0.15, 0.2) is 29.6 Å². The number of aromatic nitrogens is 1. The Kier molecular flexibility index (Phi) is 11.1. The van der Waals surface area contributed by atoms with Crippen molar-refractivity contribution in [3.05, 3.63) is 45.9 Å². The van der Waals surface area contributed by atoms with E-state index in [1.807, 2.05) is 0 Å². The molecule has 1 aliphatic heterocycles. The molecule has 0 aliphatic carbocycles. The first-order chi connectivity index (χ1) is 13.2. The third-order valence-electron chi connectivity index (χ3n) is 4.18. The quantitative estimate of drug-likeness (QED) is 0.579. The summed E-state index contributed by atoms with van der Waals surface area (Å²) in [5.74, 6) is -0.429. The number of ether oxygens (including phenoxy) is 1. The third-order valence-corrected chi connectivity index (χ3v) is 5.05. The van der Waals surface area contributed by atoms with E-state index >= 15 is 0 Å². The Balaban J connectivity index is 0.00000210. The molecule has 0 bridgehead atoms. The van der Waals surface area contributed by atoms with Gasteiger partial charge in [0.2, 0.25) is 0 Å². The number of anilines is 1. The van der Waals surface area contributed by atoms with Crippen LogP contribution in [0.25, 0.3) is 0 Å². The number of halogens is 2. The maximum Gasteiger partial charge on any atom is 0.275 e. The first-order valence-electron chi connectivity index (χ1n) is 8.80. The molecule has 1 aliphatic rings. The highest BCUT2D eigenvalue weighted by atomic mass is 35.5. The Labute approximate surface area is 186 Å². The van der Waals surface area contributed by atoms with Crippen molar-refractivity contribution in [2.24, 2.45) is 5.73 Å². The van der Waals surface area contributed by atoms with Crippen molar-refractivity contribution in [3.8, 4) is 0 Å². The van der Waals surface area contributed by atoms with Gasteiger partial charge in [-0.15, -0.1) is 36.2 Å². The molecule has 1 aromatic heterocycles. The summed E-state index contributed by atoms with van der Waals surface area (Å²) in [5.41, 5.74) is 7.00. The second-order valence-electron chi connectivity index (χ2n) is 6.07. The van der Waals surface area contributed by atoms with E-state index in [0.29, 0.717) is 35.0 Å². The fraction of sp³-hybridized carbons (Fsp3) is 0.389. The average Bonchev–Trinajstić information content (AvgIpc) is 3.19. The van der Waals surface area contributed by atoms with Gasteiger partial charge in [0.1, 0.15) is 10.7 Å². The lowest BCUT2D eigenvalue weighted by atomic mass is 10.2. The molecule has 29 heavy (non-hydrogen) atoms. The second kappa shape index (κ2) is 12.7.